The van der Waals surface area contributed by atoms with Crippen molar-refractivity contribution in [3.8, 4) is 0 Å². The van der Waals surface area contributed by atoms with Crippen LogP contribution in [-0.2, 0) is 0 Å². The summed E-state index contributed by atoms with van der Waals surface area (Å²) in [4.78, 5) is 0. The van der Waals surface area contributed by atoms with E-state index in [0.29, 0.717) is 6.42 Å². The largest absolute Gasteiger partial charge is 0.369 e. The second-order valence-electron chi connectivity index (χ2n) is 2.99. The van der Waals surface area contributed by atoms with Gasteiger partial charge in [0, 0.05) is 6.42 Å². The molecule has 1 aliphatic carbocycles. The lowest BCUT2D eigenvalue weighted by molar-refractivity contribution is 0.541. The summed E-state index contributed by atoms with van der Waals surface area (Å²) in [5.74, 6) is -0.00755. The first-order chi connectivity index (χ1) is 5.75. The van der Waals surface area contributed by atoms with Gasteiger partial charge in [-0.25, -0.2) is 4.39 Å². The number of dihydropyridines is 1. The van der Waals surface area contributed by atoms with Gasteiger partial charge in [-0.15, -0.1) is 0 Å². The topological polar surface area (TPSA) is 12.0 Å². The smallest absolute Gasteiger partial charge is 0.0986 e. The monoisotopic (exact) mass is 229 g/mol. The summed E-state index contributed by atoms with van der Waals surface area (Å²) in [5, 5.41) is 3.14. The molecule has 0 bridgehead atoms. The molecule has 2 aliphatic rings. The number of hydrogen-bond acceptors (Lipinski definition) is 1. The predicted molar refractivity (Wildman–Crippen MR) is 50.4 cm³/mol. The fourth-order valence-electron chi connectivity index (χ4n) is 1.49. The summed E-state index contributed by atoms with van der Waals surface area (Å²) < 4.78 is 13.8. The molecule has 1 atom stereocenters. The van der Waals surface area contributed by atoms with E-state index in [2.05, 4.69) is 21.2 Å². The Bertz CT molecular complexity index is 291. The number of nitrogens with one attached hydrogen (secondary N) is 1. The van der Waals surface area contributed by atoms with Gasteiger partial charge in [0.2, 0.25) is 0 Å². The molecular weight excluding hydrogens is 221 g/mol. The quantitative estimate of drug-likeness (QED) is 0.631. The standard InChI is InChI=1S/C9H9BrFN/c10-9-4-2-6-1-3-7(11)5-8(6)12-9/h2,4-5,8,12H,1,3H2. The van der Waals surface area contributed by atoms with E-state index in [9.17, 15) is 4.39 Å². The number of rotatable bonds is 0. The molecule has 2 rings (SSSR count). The van der Waals surface area contributed by atoms with Gasteiger partial charge in [0.05, 0.1) is 16.5 Å². The summed E-state index contributed by atoms with van der Waals surface area (Å²) in [6.07, 6.45) is 7.03. The van der Waals surface area contributed by atoms with Crippen molar-refractivity contribution in [3.63, 3.8) is 0 Å². The van der Waals surface area contributed by atoms with Gasteiger partial charge >= 0.3 is 0 Å². The molecule has 0 aromatic heterocycles. The highest BCUT2D eigenvalue weighted by Crippen LogP contribution is 2.27. The highest BCUT2D eigenvalue weighted by Gasteiger charge is 2.20. The van der Waals surface area contributed by atoms with Crippen LogP contribution in [0, 0.1) is 0 Å². The molecule has 0 radical (unpaired) electrons. The predicted octanol–water partition coefficient (Wildman–Crippen LogP) is 2.77. The third-order valence-corrected chi connectivity index (χ3v) is 2.63. The van der Waals surface area contributed by atoms with Crippen LogP contribution < -0.4 is 5.32 Å². The van der Waals surface area contributed by atoms with Crippen molar-refractivity contribution in [2.45, 2.75) is 18.9 Å². The summed E-state index contributed by atoms with van der Waals surface area (Å²) in [5.41, 5.74) is 1.26. The zero-order valence-electron chi connectivity index (χ0n) is 6.48. The van der Waals surface area contributed by atoms with E-state index >= 15 is 0 Å². The van der Waals surface area contributed by atoms with Gasteiger partial charge < -0.3 is 5.32 Å². The first-order valence-electron chi connectivity index (χ1n) is 3.95. The number of allylic oxidation sites excluding steroid dienone is 3. The lowest BCUT2D eigenvalue weighted by atomic mass is 9.94. The van der Waals surface area contributed by atoms with Gasteiger partial charge in [0.15, 0.2) is 0 Å². The zero-order chi connectivity index (χ0) is 8.55. The summed E-state index contributed by atoms with van der Waals surface area (Å²) in [6.45, 7) is 0. The van der Waals surface area contributed by atoms with Crippen LogP contribution in [0.25, 0.3) is 0 Å². The van der Waals surface area contributed by atoms with Crippen LogP contribution >= 0.6 is 15.9 Å². The molecule has 0 spiro atoms. The van der Waals surface area contributed by atoms with Gasteiger partial charge in [-0.3, -0.25) is 0 Å². The SMILES string of the molecule is FC1=CC2NC(Br)=CC=C2CC1. The minimum Gasteiger partial charge on any atom is -0.369 e. The van der Waals surface area contributed by atoms with E-state index in [0.717, 1.165) is 11.0 Å². The van der Waals surface area contributed by atoms with Crippen LogP contribution in [0.4, 0.5) is 4.39 Å². The summed E-state index contributed by atoms with van der Waals surface area (Å²) in [6, 6.07) is 0.0677. The first kappa shape index (κ1) is 8.05. The Balaban J connectivity index is 2.27. The summed E-state index contributed by atoms with van der Waals surface area (Å²) in [7, 11) is 0. The van der Waals surface area contributed by atoms with Crippen LogP contribution in [-0.4, -0.2) is 6.04 Å². The Hall–Kier alpha value is -0.570. The van der Waals surface area contributed by atoms with Crippen LogP contribution in [0.5, 0.6) is 0 Å². The van der Waals surface area contributed by atoms with Crippen molar-refractivity contribution < 1.29 is 4.39 Å². The molecular formula is C9H9BrFN. The zero-order valence-corrected chi connectivity index (χ0v) is 8.07. The number of fused-ring (bicyclic) bond motifs is 1. The molecule has 1 heterocycles. The van der Waals surface area contributed by atoms with E-state index in [1.807, 2.05) is 12.2 Å². The fraction of sp³-hybridized carbons (Fsp3) is 0.333. The molecule has 1 unspecified atom stereocenters. The molecule has 1 nitrogen and oxygen atoms in total. The third-order valence-electron chi connectivity index (χ3n) is 2.14. The Kier molecular flexibility index (Phi) is 2.05. The molecule has 12 heavy (non-hydrogen) atoms. The van der Waals surface area contributed by atoms with Crippen molar-refractivity contribution in [1.82, 2.24) is 5.32 Å². The minimum atomic E-state index is -0.00755. The lowest BCUT2D eigenvalue weighted by Crippen LogP contribution is -2.30. The summed E-state index contributed by atoms with van der Waals surface area (Å²) >= 11 is 3.32. The highest BCUT2D eigenvalue weighted by atomic mass is 79.9. The molecule has 64 valence electrons. The average molecular weight is 230 g/mol. The van der Waals surface area contributed by atoms with Crippen molar-refractivity contribution in [2.75, 3.05) is 0 Å². The number of halogens is 2. The molecule has 0 aromatic carbocycles. The maximum Gasteiger partial charge on any atom is 0.0986 e. The third kappa shape index (κ3) is 1.46. The lowest BCUT2D eigenvalue weighted by Gasteiger charge is -2.26. The first-order valence-corrected chi connectivity index (χ1v) is 4.74. The molecule has 0 fully saturated rings. The molecule has 1 N–H and O–H groups in total. The Morgan fingerprint density at radius 2 is 2.25 bits per heavy atom. The normalized spacial score (nSPS) is 27.8. The van der Waals surface area contributed by atoms with Crippen LogP contribution in [0.1, 0.15) is 12.8 Å². The van der Waals surface area contributed by atoms with Crippen LogP contribution in [0.15, 0.2) is 34.2 Å². The minimum absolute atomic E-state index is 0.00755. The second-order valence-corrected chi connectivity index (χ2v) is 3.85. The van der Waals surface area contributed by atoms with Crippen molar-refractivity contribution >= 4 is 15.9 Å². The van der Waals surface area contributed by atoms with Gasteiger partial charge in [0.25, 0.3) is 0 Å². The van der Waals surface area contributed by atoms with Gasteiger partial charge in [0.1, 0.15) is 0 Å². The van der Waals surface area contributed by atoms with E-state index in [1.165, 1.54) is 5.57 Å². The Labute approximate surface area is 79.2 Å². The molecule has 3 heteroatoms. The van der Waals surface area contributed by atoms with E-state index in [4.69, 9.17) is 0 Å². The van der Waals surface area contributed by atoms with E-state index < -0.39 is 0 Å². The fourth-order valence-corrected chi connectivity index (χ4v) is 1.87. The Morgan fingerprint density at radius 1 is 1.42 bits per heavy atom. The Morgan fingerprint density at radius 3 is 3.08 bits per heavy atom. The maximum atomic E-state index is 12.8. The van der Waals surface area contributed by atoms with Crippen molar-refractivity contribution in [3.05, 3.63) is 34.2 Å². The van der Waals surface area contributed by atoms with Crippen LogP contribution in [0.2, 0.25) is 0 Å². The molecule has 0 saturated heterocycles. The van der Waals surface area contributed by atoms with Crippen LogP contribution in [0.3, 0.4) is 0 Å². The second kappa shape index (κ2) is 3.05. The molecule has 0 amide bonds. The van der Waals surface area contributed by atoms with E-state index in [1.54, 1.807) is 6.08 Å². The van der Waals surface area contributed by atoms with Gasteiger partial charge in [-0.2, -0.15) is 0 Å². The van der Waals surface area contributed by atoms with E-state index in [-0.39, 0.29) is 11.9 Å². The maximum absolute atomic E-state index is 12.8. The van der Waals surface area contributed by atoms with Crippen molar-refractivity contribution in [1.29, 1.82) is 0 Å². The average Bonchev–Trinajstić information content (AvgIpc) is 2.03. The molecule has 0 saturated carbocycles. The highest BCUT2D eigenvalue weighted by molar-refractivity contribution is 9.11. The van der Waals surface area contributed by atoms with Gasteiger partial charge in [-0.1, -0.05) is 6.08 Å². The van der Waals surface area contributed by atoms with Gasteiger partial charge in [-0.05, 0) is 40.1 Å². The molecule has 0 aromatic rings. The molecule has 1 aliphatic heterocycles. The van der Waals surface area contributed by atoms with Crippen molar-refractivity contribution in [2.24, 2.45) is 0 Å². The number of hydrogen-bond donors (Lipinski definition) is 1.